The second-order valence-electron chi connectivity index (χ2n) is 9.49. The van der Waals surface area contributed by atoms with E-state index < -0.39 is 0 Å². The number of hydrogen-bond acceptors (Lipinski definition) is 9. The molecule has 11 heteroatoms. The molecule has 2 aliphatic heterocycles. The first-order valence-electron chi connectivity index (χ1n) is 12.4. The minimum Gasteiger partial charge on any atom is -0.469 e. The number of aromatic nitrogens is 3. The number of halogens is 1. The molecule has 0 spiro atoms. The number of likely N-dealkylation sites (tertiary alicyclic amines) is 2. The third-order valence-corrected chi connectivity index (χ3v) is 7.33. The molecule has 1 atom stereocenters. The van der Waals surface area contributed by atoms with Gasteiger partial charge in [-0.3, -0.25) is 19.3 Å². The maximum absolute atomic E-state index is 9.07. The molecule has 10 nitrogen and oxygen atoms in total. The number of rotatable bonds is 7. The predicted octanol–water partition coefficient (Wildman–Crippen LogP) is 3.28. The van der Waals surface area contributed by atoms with Gasteiger partial charge in [-0.15, -0.1) is 0 Å². The van der Waals surface area contributed by atoms with Crippen LogP contribution in [-0.2, 0) is 0 Å². The first-order valence-corrected chi connectivity index (χ1v) is 12.8. The Morgan fingerprint density at radius 2 is 2.03 bits per heavy atom. The van der Waals surface area contributed by atoms with E-state index in [0.29, 0.717) is 28.4 Å². The van der Waals surface area contributed by atoms with Crippen LogP contribution in [-0.4, -0.2) is 73.9 Å². The second kappa shape index (κ2) is 10.7. The summed E-state index contributed by atoms with van der Waals surface area (Å²) >= 11 is 6.43. The minimum atomic E-state index is -0.313. The summed E-state index contributed by atoms with van der Waals surface area (Å²) in [4.78, 5) is 18.0. The fraction of sp³-hybridized carbons (Fsp3) is 0.423. The van der Waals surface area contributed by atoms with Crippen molar-refractivity contribution in [1.82, 2.24) is 24.2 Å². The summed E-state index contributed by atoms with van der Waals surface area (Å²) in [6.45, 7) is 7.33. The third-order valence-electron chi connectivity index (χ3n) is 7.07. The Bertz CT molecular complexity index is 1350. The average Bonchev–Trinajstić information content (AvgIpc) is 3.27. The number of imidazole rings is 1. The van der Waals surface area contributed by atoms with Crippen LogP contribution in [0.3, 0.4) is 0 Å². The molecule has 0 aromatic carbocycles. The Morgan fingerprint density at radius 1 is 1.24 bits per heavy atom. The van der Waals surface area contributed by atoms with E-state index in [1.165, 1.54) is 0 Å². The van der Waals surface area contributed by atoms with Gasteiger partial charge in [0.2, 0.25) is 5.88 Å². The number of nitrogens with two attached hydrogens (primary N) is 1. The molecule has 0 radical (unpaired) electrons. The number of hydrazone groups is 1. The second-order valence-corrected chi connectivity index (χ2v) is 9.88. The van der Waals surface area contributed by atoms with Gasteiger partial charge in [0, 0.05) is 50.0 Å². The van der Waals surface area contributed by atoms with Crippen LogP contribution >= 0.6 is 11.6 Å². The van der Waals surface area contributed by atoms with Gasteiger partial charge in [-0.25, -0.2) is 4.98 Å². The van der Waals surface area contributed by atoms with Gasteiger partial charge in [-0.1, -0.05) is 17.7 Å². The zero-order valence-electron chi connectivity index (χ0n) is 21.0. The van der Waals surface area contributed by atoms with Crippen molar-refractivity contribution in [3.8, 4) is 12.1 Å². The number of pyridine rings is 2. The number of hydrogen-bond donors (Lipinski definition) is 1. The first-order chi connectivity index (χ1) is 18.0. The Morgan fingerprint density at radius 3 is 2.70 bits per heavy atom. The number of nitrogens with zero attached hydrogens (tertiary/aromatic N) is 8. The summed E-state index contributed by atoms with van der Waals surface area (Å²) in [6.07, 6.45) is 7.30. The van der Waals surface area contributed by atoms with Crippen molar-refractivity contribution in [3.05, 3.63) is 59.1 Å². The molecule has 3 aromatic heterocycles. The quantitative estimate of drug-likeness (QED) is 0.220. The smallest absolute Gasteiger partial charge is 0.201 e. The normalized spacial score (nSPS) is 19.0. The van der Waals surface area contributed by atoms with Gasteiger partial charge in [0.1, 0.15) is 22.6 Å². The third kappa shape index (κ3) is 5.24. The number of nitriles is 1. The zero-order valence-corrected chi connectivity index (χ0v) is 21.7. The van der Waals surface area contributed by atoms with E-state index in [1.54, 1.807) is 16.8 Å². The van der Waals surface area contributed by atoms with Gasteiger partial charge in [0.15, 0.2) is 6.19 Å². The number of aliphatic imine (C=N–C) groups is 1. The molecule has 0 aliphatic carbocycles. The Hall–Kier alpha value is -3.68. The van der Waals surface area contributed by atoms with Crippen LogP contribution in [0.25, 0.3) is 5.65 Å². The number of ether oxygens (including phenoxy) is 1. The zero-order chi connectivity index (χ0) is 25.9. The molecule has 2 N–H and O–H groups in total. The largest absolute Gasteiger partial charge is 0.469 e. The molecule has 3 aromatic rings. The molecule has 37 heavy (non-hydrogen) atoms. The van der Waals surface area contributed by atoms with E-state index in [1.807, 2.05) is 49.1 Å². The lowest BCUT2D eigenvalue weighted by atomic mass is 9.97. The van der Waals surface area contributed by atoms with E-state index >= 15 is 0 Å². The van der Waals surface area contributed by atoms with Crippen molar-refractivity contribution in [2.24, 2.45) is 15.9 Å². The van der Waals surface area contributed by atoms with Gasteiger partial charge >= 0.3 is 0 Å². The van der Waals surface area contributed by atoms with Crippen LogP contribution in [0.2, 0.25) is 5.15 Å². The molecule has 0 saturated carbocycles. The van der Waals surface area contributed by atoms with Gasteiger partial charge in [-0.2, -0.15) is 10.4 Å². The summed E-state index contributed by atoms with van der Waals surface area (Å²) in [5.41, 5.74) is 3.52. The van der Waals surface area contributed by atoms with E-state index in [2.05, 4.69) is 26.2 Å². The SMILES string of the molecule is CC(=NC1CN(C2CCN(C#N)CC2)C1)/C(=N\N)c1cc(OC(C)c2ccccn2)n2c(Cl)cnc2c1. The maximum Gasteiger partial charge on any atom is 0.201 e. The van der Waals surface area contributed by atoms with Crippen LogP contribution in [0.4, 0.5) is 0 Å². The minimum absolute atomic E-state index is 0.190. The van der Waals surface area contributed by atoms with E-state index in [9.17, 15) is 0 Å². The molecule has 2 fully saturated rings. The lowest BCUT2D eigenvalue weighted by Crippen LogP contribution is -2.57. The molecule has 2 saturated heterocycles. The van der Waals surface area contributed by atoms with Crippen LogP contribution in [0.5, 0.6) is 5.88 Å². The molecular formula is C26H30ClN9O. The molecule has 192 valence electrons. The molecular weight excluding hydrogens is 490 g/mol. The van der Waals surface area contributed by atoms with Crippen molar-refractivity contribution in [3.63, 3.8) is 0 Å². The highest BCUT2D eigenvalue weighted by Crippen LogP contribution is 2.28. The van der Waals surface area contributed by atoms with Crippen molar-refractivity contribution in [2.75, 3.05) is 26.2 Å². The Kier molecular flexibility index (Phi) is 7.26. The first kappa shape index (κ1) is 25.0. The van der Waals surface area contributed by atoms with E-state index in [0.717, 1.165) is 56.0 Å². The van der Waals surface area contributed by atoms with Crippen LogP contribution < -0.4 is 10.6 Å². The summed E-state index contributed by atoms with van der Waals surface area (Å²) in [5, 5.41) is 13.6. The van der Waals surface area contributed by atoms with E-state index in [4.69, 9.17) is 32.4 Å². The van der Waals surface area contributed by atoms with Crippen LogP contribution in [0, 0.1) is 11.5 Å². The predicted molar refractivity (Wildman–Crippen MR) is 143 cm³/mol. The summed E-state index contributed by atoms with van der Waals surface area (Å²) in [7, 11) is 0. The van der Waals surface area contributed by atoms with Crippen molar-refractivity contribution in [1.29, 1.82) is 5.26 Å². The lowest BCUT2D eigenvalue weighted by Gasteiger charge is -2.45. The lowest BCUT2D eigenvalue weighted by molar-refractivity contribution is 0.0608. The Labute approximate surface area is 221 Å². The fourth-order valence-electron chi connectivity index (χ4n) is 5.03. The van der Waals surface area contributed by atoms with Crippen LogP contribution in [0.15, 0.2) is 52.8 Å². The van der Waals surface area contributed by atoms with Crippen molar-refractivity contribution >= 4 is 28.7 Å². The maximum atomic E-state index is 9.07. The Balaban J connectivity index is 1.33. The molecule has 0 bridgehead atoms. The summed E-state index contributed by atoms with van der Waals surface area (Å²) in [6, 6.07) is 10.2. The average molecular weight is 520 g/mol. The molecule has 5 rings (SSSR count). The fourth-order valence-corrected chi connectivity index (χ4v) is 5.25. The molecule has 0 amide bonds. The summed E-state index contributed by atoms with van der Waals surface area (Å²) < 4.78 is 8.03. The number of piperidine rings is 1. The van der Waals surface area contributed by atoms with Crippen molar-refractivity contribution < 1.29 is 4.74 Å². The van der Waals surface area contributed by atoms with E-state index in [-0.39, 0.29) is 12.1 Å². The van der Waals surface area contributed by atoms with Gasteiger partial charge in [-0.05, 0) is 44.9 Å². The molecule has 5 heterocycles. The van der Waals surface area contributed by atoms with Gasteiger partial charge in [0.25, 0.3) is 0 Å². The van der Waals surface area contributed by atoms with Crippen molar-refractivity contribution in [2.45, 2.75) is 44.9 Å². The monoisotopic (exact) mass is 519 g/mol. The van der Waals surface area contributed by atoms with Gasteiger partial charge < -0.3 is 15.5 Å². The highest BCUT2D eigenvalue weighted by Gasteiger charge is 2.34. The number of fused-ring (bicyclic) bond motifs is 1. The highest BCUT2D eigenvalue weighted by atomic mass is 35.5. The topological polar surface area (TPSA) is 120 Å². The highest BCUT2D eigenvalue weighted by molar-refractivity contribution is 6.47. The summed E-state index contributed by atoms with van der Waals surface area (Å²) in [5.74, 6) is 6.38. The van der Waals surface area contributed by atoms with Crippen LogP contribution in [0.1, 0.15) is 44.1 Å². The standard InChI is InChI=1S/C26H30ClN9O/c1-17(32-20-14-35(15-20)21-6-9-34(16-28)10-7-21)26(33-29)19-11-24-31-13-23(27)36(24)25(12-19)37-18(2)22-5-3-4-8-30-22/h3-5,8,11-13,18,20-21H,6-7,9-10,14-15,29H2,1-2H3/b32-17?,33-26+. The molecule has 2 aliphatic rings. The van der Waals surface area contributed by atoms with Gasteiger partial charge in [0.05, 0.1) is 23.6 Å². The molecule has 1 unspecified atom stereocenters.